The summed E-state index contributed by atoms with van der Waals surface area (Å²) >= 11 is 0. The minimum atomic E-state index is -0.458. The van der Waals surface area contributed by atoms with Gasteiger partial charge in [0.05, 0.1) is 0 Å². The molecule has 2 aromatic carbocycles. The number of ether oxygens (including phenoxy) is 1. The maximum Gasteiger partial charge on any atom is 0.331 e. The zero-order valence-corrected chi connectivity index (χ0v) is 11.5. The fourth-order valence-corrected chi connectivity index (χ4v) is 1.89. The van der Waals surface area contributed by atoms with Gasteiger partial charge in [0.1, 0.15) is 5.60 Å². The molecular weight excluding hydrogens is 236 g/mol. The first-order valence-corrected chi connectivity index (χ1v) is 6.34. The molecule has 0 saturated heterocycles. The molecule has 0 atom stereocenters. The van der Waals surface area contributed by atoms with Gasteiger partial charge >= 0.3 is 5.97 Å². The summed E-state index contributed by atoms with van der Waals surface area (Å²) in [6.45, 7) is 5.57. The lowest BCUT2D eigenvalue weighted by molar-refractivity contribution is -0.148. The van der Waals surface area contributed by atoms with Crippen molar-refractivity contribution in [1.29, 1.82) is 0 Å². The molecule has 0 aliphatic rings. The summed E-state index contributed by atoms with van der Waals surface area (Å²) in [5, 5.41) is 2.29. The summed E-state index contributed by atoms with van der Waals surface area (Å²) in [4.78, 5) is 11.7. The summed E-state index contributed by atoms with van der Waals surface area (Å²) in [5.74, 6) is -0.319. The van der Waals surface area contributed by atoms with E-state index in [1.807, 2.05) is 51.1 Å². The zero-order chi connectivity index (χ0) is 13.9. The molecule has 0 heterocycles. The minimum Gasteiger partial charge on any atom is -0.457 e. The summed E-state index contributed by atoms with van der Waals surface area (Å²) in [6.07, 6.45) is 3.28. The van der Waals surface area contributed by atoms with Crippen LogP contribution in [0.25, 0.3) is 16.8 Å². The van der Waals surface area contributed by atoms with Crippen LogP contribution < -0.4 is 0 Å². The quantitative estimate of drug-likeness (QED) is 0.593. The number of fused-ring (bicyclic) bond motifs is 1. The van der Waals surface area contributed by atoms with Crippen LogP contribution in [0.3, 0.4) is 0 Å². The molecule has 0 N–H and O–H groups in total. The molecule has 2 heteroatoms. The Hall–Kier alpha value is -2.09. The van der Waals surface area contributed by atoms with E-state index in [-0.39, 0.29) is 5.97 Å². The summed E-state index contributed by atoms with van der Waals surface area (Å²) < 4.78 is 5.25. The lowest BCUT2D eigenvalue weighted by Gasteiger charge is -2.17. The van der Waals surface area contributed by atoms with E-state index in [4.69, 9.17) is 4.74 Å². The third-order valence-corrected chi connectivity index (χ3v) is 2.63. The fourth-order valence-electron chi connectivity index (χ4n) is 1.89. The lowest BCUT2D eigenvalue weighted by atomic mass is 10.0. The molecular formula is C17H18O2. The van der Waals surface area contributed by atoms with Gasteiger partial charge in [-0.3, -0.25) is 0 Å². The van der Waals surface area contributed by atoms with Crippen LogP contribution in [0, 0.1) is 0 Å². The molecule has 0 amide bonds. The van der Waals surface area contributed by atoms with Crippen LogP contribution >= 0.6 is 0 Å². The Balaban J connectivity index is 2.24. The highest BCUT2D eigenvalue weighted by Crippen LogP contribution is 2.19. The SMILES string of the molecule is CC(C)(C)OC(=O)/C=C\c1cccc2ccccc12. The van der Waals surface area contributed by atoms with Gasteiger partial charge in [0, 0.05) is 6.08 Å². The second-order valence-corrected chi connectivity index (χ2v) is 5.44. The zero-order valence-electron chi connectivity index (χ0n) is 11.5. The Labute approximate surface area is 113 Å². The van der Waals surface area contributed by atoms with Gasteiger partial charge in [-0.1, -0.05) is 42.5 Å². The largest absolute Gasteiger partial charge is 0.457 e. The molecule has 0 bridgehead atoms. The molecule has 0 aromatic heterocycles. The molecule has 0 spiro atoms. The molecule has 19 heavy (non-hydrogen) atoms. The highest BCUT2D eigenvalue weighted by Gasteiger charge is 2.13. The fraction of sp³-hybridized carbons (Fsp3) is 0.235. The first-order valence-electron chi connectivity index (χ1n) is 6.34. The maximum absolute atomic E-state index is 11.7. The van der Waals surface area contributed by atoms with Crippen molar-refractivity contribution in [1.82, 2.24) is 0 Å². The standard InChI is InChI=1S/C17H18O2/c1-17(2,3)19-16(18)12-11-14-9-6-8-13-7-4-5-10-15(13)14/h4-12H,1-3H3/b12-11-. The Morgan fingerprint density at radius 3 is 2.47 bits per heavy atom. The van der Waals surface area contributed by atoms with E-state index in [1.165, 1.54) is 6.08 Å². The molecule has 0 saturated carbocycles. The molecule has 0 unspecified atom stereocenters. The molecule has 98 valence electrons. The number of rotatable bonds is 2. The normalized spacial score (nSPS) is 11.9. The number of carbonyl (C=O) groups is 1. The number of esters is 1. The number of carbonyl (C=O) groups excluding carboxylic acids is 1. The van der Waals surface area contributed by atoms with Crippen LogP contribution in [0.2, 0.25) is 0 Å². The highest BCUT2D eigenvalue weighted by atomic mass is 16.6. The summed E-state index contributed by atoms with van der Waals surface area (Å²) in [5.41, 5.74) is 0.559. The van der Waals surface area contributed by atoms with Gasteiger partial charge in [-0.15, -0.1) is 0 Å². The first kappa shape index (κ1) is 13.3. The molecule has 0 aliphatic heterocycles. The van der Waals surface area contributed by atoms with Gasteiger partial charge in [-0.25, -0.2) is 4.79 Å². The predicted molar refractivity (Wildman–Crippen MR) is 78.8 cm³/mol. The monoisotopic (exact) mass is 254 g/mol. The van der Waals surface area contributed by atoms with Crippen molar-refractivity contribution < 1.29 is 9.53 Å². The van der Waals surface area contributed by atoms with Crippen molar-refractivity contribution in [3.8, 4) is 0 Å². The number of benzene rings is 2. The van der Waals surface area contributed by atoms with E-state index >= 15 is 0 Å². The van der Waals surface area contributed by atoms with Crippen molar-refractivity contribution >= 4 is 22.8 Å². The molecule has 2 aromatic rings. The first-order chi connectivity index (χ1) is 8.96. The number of hydrogen-bond acceptors (Lipinski definition) is 2. The molecule has 0 radical (unpaired) electrons. The van der Waals surface area contributed by atoms with Crippen LogP contribution in [-0.4, -0.2) is 11.6 Å². The number of hydrogen-bond donors (Lipinski definition) is 0. The van der Waals surface area contributed by atoms with Crippen LogP contribution in [0.1, 0.15) is 26.3 Å². The van der Waals surface area contributed by atoms with Gasteiger partial charge in [-0.2, -0.15) is 0 Å². The topological polar surface area (TPSA) is 26.3 Å². The van der Waals surface area contributed by atoms with Crippen molar-refractivity contribution in [2.24, 2.45) is 0 Å². The van der Waals surface area contributed by atoms with E-state index in [2.05, 4.69) is 12.1 Å². The van der Waals surface area contributed by atoms with Gasteiger partial charge in [0.15, 0.2) is 0 Å². The van der Waals surface area contributed by atoms with E-state index in [0.29, 0.717) is 0 Å². The average molecular weight is 254 g/mol. The van der Waals surface area contributed by atoms with Crippen molar-refractivity contribution in [2.75, 3.05) is 0 Å². The Morgan fingerprint density at radius 2 is 1.74 bits per heavy atom. The molecule has 2 rings (SSSR count). The summed E-state index contributed by atoms with van der Waals surface area (Å²) in [7, 11) is 0. The van der Waals surface area contributed by atoms with Crippen LogP contribution in [-0.2, 0) is 9.53 Å². The maximum atomic E-state index is 11.7. The van der Waals surface area contributed by atoms with E-state index in [9.17, 15) is 4.79 Å². The molecule has 0 aliphatic carbocycles. The van der Waals surface area contributed by atoms with Crippen molar-refractivity contribution in [3.05, 3.63) is 54.1 Å². The van der Waals surface area contributed by atoms with Crippen LogP contribution in [0.15, 0.2) is 48.5 Å². The van der Waals surface area contributed by atoms with E-state index in [1.54, 1.807) is 6.08 Å². The second kappa shape index (κ2) is 5.27. The van der Waals surface area contributed by atoms with Gasteiger partial charge < -0.3 is 4.74 Å². The third kappa shape index (κ3) is 3.68. The summed E-state index contributed by atoms with van der Waals surface area (Å²) in [6, 6.07) is 14.1. The molecule has 0 fully saturated rings. The Bertz CT molecular complexity index is 613. The van der Waals surface area contributed by atoms with Crippen LogP contribution in [0.4, 0.5) is 0 Å². The average Bonchev–Trinajstić information content (AvgIpc) is 2.34. The van der Waals surface area contributed by atoms with Gasteiger partial charge in [0.2, 0.25) is 0 Å². The van der Waals surface area contributed by atoms with E-state index in [0.717, 1.165) is 16.3 Å². The minimum absolute atomic E-state index is 0.319. The van der Waals surface area contributed by atoms with Crippen LogP contribution in [0.5, 0.6) is 0 Å². The highest BCUT2D eigenvalue weighted by molar-refractivity contribution is 5.94. The van der Waals surface area contributed by atoms with Crippen molar-refractivity contribution in [2.45, 2.75) is 26.4 Å². The second-order valence-electron chi connectivity index (χ2n) is 5.44. The van der Waals surface area contributed by atoms with Crippen molar-refractivity contribution in [3.63, 3.8) is 0 Å². The predicted octanol–water partition coefficient (Wildman–Crippen LogP) is 4.19. The van der Waals surface area contributed by atoms with Gasteiger partial charge in [0.25, 0.3) is 0 Å². The molecule has 2 nitrogen and oxygen atoms in total. The smallest absolute Gasteiger partial charge is 0.331 e. The Morgan fingerprint density at radius 1 is 1.05 bits per heavy atom. The lowest BCUT2D eigenvalue weighted by Crippen LogP contribution is -2.22. The van der Waals surface area contributed by atoms with E-state index < -0.39 is 5.60 Å². The third-order valence-electron chi connectivity index (χ3n) is 2.63. The van der Waals surface area contributed by atoms with Gasteiger partial charge in [-0.05, 0) is 43.2 Å². The Kier molecular flexibility index (Phi) is 3.70.